The van der Waals surface area contributed by atoms with Crippen molar-refractivity contribution in [2.45, 2.75) is 52.2 Å². The van der Waals surface area contributed by atoms with E-state index >= 15 is 0 Å². The Kier molecular flexibility index (Phi) is 6.59. The van der Waals surface area contributed by atoms with Crippen LogP contribution in [0, 0.1) is 17.8 Å². The van der Waals surface area contributed by atoms with Gasteiger partial charge in [-0.3, -0.25) is 9.59 Å². The molecule has 0 aromatic heterocycles. The Hall–Kier alpha value is -1.88. The summed E-state index contributed by atoms with van der Waals surface area (Å²) < 4.78 is 5.16. The third-order valence-electron chi connectivity index (χ3n) is 5.08. The van der Waals surface area contributed by atoms with Gasteiger partial charge < -0.3 is 15.2 Å². The fourth-order valence-electron chi connectivity index (χ4n) is 3.73. The zero-order valence-corrected chi connectivity index (χ0v) is 15.3. The Morgan fingerprint density at radius 1 is 1.28 bits per heavy atom. The highest BCUT2D eigenvalue weighted by Crippen LogP contribution is 2.41. The summed E-state index contributed by atoms with van der Waals surface area (Å²) in [5.41, 5.74) is -0.521. The molecule has 1 fully saturated rings. The van der Waals surface area contributed by atoms with Gasteiger partial charge in [-0.2, -0.15) is 0 Å². The Morgan fingerprint density at radius 3 is 2.60 bits per heavy atom. The van der Waals surface area contributed by atoms with Crippen molar-refractivity contribution in [3.8, 4) is 0 Å². The first-order chi connectivity index (χ1) is 11.8. The van der Waals surface area contributed by atoms with Crippen LogP contribution in [0.15, 0.2) is 30.3 Å². The molecular formula is C20H29NO4. The minimum absolute atomic E-state index is 0.0935. The van der Waals surface area contributed by atoms with Crippen LogP contribution in [0.3, 0.4) is 0 Å². The second-order valence-electron chi connectivity index (χ2n) is 7.49. The Balaban J connectivity index is 1.88. The third-order valence-corrected chi connectivity index (χ3v) is 5.08. The average molecular weight is 347 g/mol. The number of ether oxygens (including phenoxy) is 1. The van der Waals surface area contributed by atoms with Gasteiger partial charge in [0.15, 0.2) is 0 Å². The molecule has 0 radical (unpaired) electrons. The van der Waals surface area contributed by atoms with Crippen LogP contribution in [-0.2, 0) is 20.9 Å². The number of esters is 1. The number of aliphatic hydroxyl groups is 1. The van der Waals surface area contributed by atoms with E-state index in [1.165, 1.54) is 0 Å². The van der Waals surface area contributed by atoms with Crippen molar-refractivity contribution < 1.29 is 19.4 Å². The normalized spacial score (nSPS) is 26.3. The molecule has 1 saturated carbocycles. The largest absolute Gasteiger partial charge is 0.460 e. The third kappa shape index (κ3) is 5.05. The summed E-state index contributed by atoms with van der Waals surface area (Å²) in [6.45, 7) is 6.03. The van der Waals surface area contributed by atoms with Gasteiger partial charge >= 0.3 is 5.97 Å². The van der Waals surface area contributed by atoms with E-state index in [0.717, 1.165) is 18.4 Å². The number of hydrogen-bond acceptors (Lipinski definition) is 4. The highest BCUT2D eigenvalue weighted by molar-refractivity contribution is 5.88. The molecule has 2 rings (SSSR count). The van der Waals surface area contributed by atoms with Crippen LogP contribution in [-0.4, -0.2) is 29.1 Å². The number of amides is 1. The second-order valence-corrected chi connectivity index (χ2v) is 7.49. The fraction of sp³-hybridized carbons (Fsp3) is 0.600. The molecule has 138 valence electrons. The molecule has 1 aromatic carbocycles. The number of nitrogens with one attached hydrogen (secondary N) is 1. The van der Waals surface area contributed by atoms with E-state index in [-0.39, 0.29) is 30.9 Å². The summed E-state index contributed by atoms with van der Waals surface area (Å²) in [6.07, 6.45) is 2.26. The summed E-state index contributed by atoms with van der Waals surface area (Å²) in [6, 6.07) is 9.37. The van der Waals surface area contributed by atoms with E-state index in [1.54, 1.807) is 0 Å². The predicted octanol–water partition coefficient (Wildman–Crippen LogP) is 2.67. The standard InChI is InChI=1S/C20H29NO4/c1-14(2)17-10-9-15(3)11-20(17,24)19(23)21-12-18(22)25-13-16-7-5-4-6-8-16/h4-8,14-15,17,24H,9-13H2,1-3H3,(H,21,23)/t15-,17+,20+/m1/s1. The first kappa shape index (κ1) is 19.4. The van der Waals surface area contributed by atoms with E-state index in [2.05, 4.69) is 5.32 Å². The minimum Gasteiger partial charge on any atom is -0.460 e. The van der Waals surface area contributed by atoms with E-state index in [9.17, 15) is 14.7 Å². The number of benzene rings is 1. The van der Waals surface area contributed by atoms with Crippen LogP contribution in [0.25, 0.3) is 0 Å². The van der Waals surface area contributed by atoms with Gasteiger partial charge in [-0.15, -0.1) is 0 Å². The fourth-order valence-corrected chi connectivity index (χ4v) is 3.73. The smallest absolute Gasteiger partial charge is 0.325 e. The van der Waals surface area contributed by atoms with Gasteiger partial charge in [0, 0.05) is 0 Å². The van der Waals surface area contributed by atoms with E-state index in [0.29, 0.717) is 6.42 Å². The molecule has 1 aliphatic rings. The van der Waals surface area contributed by atoms with Gasteiger partial charge in [-0.1, -0.05) is 57.5 Å². The van der Waals surface area contributed by atoms with Crippen molar-refractivity contribution in [1.82, 2.24) is 5.32 Å². The van der Waals surface area contributed by atoms with Gasteiger partial charge in [0.05, 0.1) is 0 Å². The minimum atomic E-state index is -1.41. The lowest BCUT2D eigenvalue weighted by molar-refractivity contribution is -0.158. The number of carbonyl (C=O) groups is 2. The molecule has 5 nitrogen and oxygen atoms in total. The SMILES string of the molecule is CC(C)[C@@H]1CC[C@@H](C)C[C@@]1(O)C(=O)NCC(=O)OCc1ccccc1. The van der Waals surface area contributed by atoms with Crippen molar-refractivity contribution in [1.29, 1.82) is 0 Å². The lowest BCUT2D eigenvalue weighted by Gasteiger charge is -2.43. The van der Waals surface area contributed by atoms with Crippen molar-refractivity contribution in [2.24, 2.45) is 17.8 Å². The monoisotopic (exact) mass is 347 g/mol. The zero-order chi connectivity index (χ0) is 18.4. The molecule has 1 aromatic rings. The molecule has 1 aliphatic carbocycles. The Morgan fingerprint density at radius 2 is 1.96 bits per heavy atom. The van der Waals surface area contributed by atoms with Gasteiger partial charge in [0.2, 0.25) is 0 Å². The average Bonchev–Trinajstić information content (AvgIpc) is 2.58. The highest BCUT2D eigenvalue weighted by atomic mass is 16.5. The summed E-state index contributed by atoms with van der Waals surface area (Å²) in [7, 11) is 0. The molecule has 0 spiro atoms. The van der Waals surface area contributed by atoms with Crippen LogP contribution in [0.2, 0.25) is 0 Å². The Labute approximate surface area is 149 Å². The maximum Gasteiger partial charge on any atom is 0.325 e. The van der Waals surface area contributed by atoms with Crippen LogP contribution in [0.5, 0.6) is 0 Å². The second kappa shape index (κ2) is 8.48. The molecule has 2 N–H and O–H groups in total. The quantitative estimate of drug-likeness (QED) is 0.776. The summed E-state index contributed by atoms with van der Waals surface area (Å²) >= 11 is 0. The van der Waals surface area contributed by atoms with E-state index < -0.39 is 17.5 Å². The van der Waals surface area contributed by atoms with Gasteiger partial charge in [-0.05, 0) is 36.2 Å². The van der Waals surface area contributed by atoms with Crippen molar-refractivity contribution in [2.75, 3.05) is 6.54 Å². The Bertz CT molecular complexity index is 587. The van der Waals surface area contributed by atoms with Crippen LogP contribution < -0.4 is 5.32 Å². The molecule has 1 amide bonds. The topological polar surface area (TPSA) is 75.6 Å². The molecule has 0 saturated heterocycles. The molecular weight excluding hydrogens is 318 g/mol. The first-order valence-electron chi connectivity index (χ1n) is 9.03. The van der Waals surface area contributed by atoms with Gasteiger partial charge in [-0.25, -0.2) is 0 Å². The molecule has 0 unspecified atom stereocenters. The number of hydrogen-bond donors (Lipinski definition) is 2. The lowest BCUT2D eigenvalue weighted by atomic mass is 9.66. The zero-order valence-electron chi connectivity index (χ0n) is 15.3. The van der Waals surface area contributed by atoms with E-state index in [1.807, 2.05) is 51.1 Å². The summed E-state index contributed by atoms with van der Waals surface area (Å²) in [5.74, 6) is -0.576. The van der Waals surface area contributed by atoms with Crippen molar-refractivity contribution >= 4 is 11.9 Å². The number of carbonyl (C=O) groups excluding carboxylic acids is 2. The van der Waals surface area contributed by atoms with E-state index in [4.69, 9.17) is 4.74 Å². The molecule has 5 heteroatoms. The molecule has 0 heterocycles. The van der Waals surface area contributed by atoms with Crippen molar-refractivity contribution in [3.63, 3.8) is 0 Å². The highest BCUT2D eigenvalue weighted by Gasteiger charge is 2.48. The lowest BCUT2D eigenvalue weighted by Crippen LogP contribution is -2.57. The van der Waals surface area contributed by atoms with Crippen LogP contribution in [0.1, 0.15) is 45.6 Å². The maximum atomic E-state index is 12.6. The van der Waals surface area contributed by atoms with Crippen LogP contribution in [0.4, 0.5) is 0 Å². The van der Waals surface area contributed by atoms with Crippen LogP contribution >= 0.6 is 0 Å². The summed E-state index contributed by atoms with van der Waals surface area (Å²) in [5, 5.41) is 13.6. The number of rotatable bonds is 6. The summed E-state index contributed by atoms with van der Waals surface area (Å²) in [4.78, 5) is 24.5. The molecule has 3 atom stereocenters. The first-order valence-corrected chi connectivity index (χ1v) is 9.03. The maximum absolute atomic E-state index is 12.6. The molecule has 25 heavy (non-hydrogen) atoms. The molecule has 0 bridgehead atoms. The molecule has 0 aliphatic heterocycles. The predicted molar refractivity (Wildman–Crippen MR) is 95.5 cm³/mol. The van der Waals surface area contributed by atoms with Gasteiger partial charge in [0.1, 0.15) is 18.8 Å². The van der Waals surface area contributed by atoms with Crippen molar-refractivity contribution in [3.05, 3.63) is 35.9 Å². The van der Waals surface area contributed by atoms with Gasteiger partial charge in [0.25, 0.3) is 5.91 Å².